The lowest BCUT2D eigenvalue weighted by atomic mass is 10.1. The number of carboxylic acid groups (broad SMARTS) is 1. The fourth-order valence-electron chi connectivity index (χ4n) is 2.20. The minimum absolute atomic E-state index is 0.244. The molecule has 2 aromatic heterocycles. The van der Waals surface area contributed by atoms with Crippen molar-refractivity contribution in [3.8, 4) is 0 Å². The highest BCUT2D eigenvalue weighted by Gasteiger charge is 2.12. The fourth-order valence-corrected chi connectivity index (χ4v) is 2.20. The maximum atomic E-state index is 11.4. The Kier molecular flexibility index (Phi) is 3.13. The van der Waals surface area contributed by atoms with Crippen LogP contribution >= 0.6 is 0 Å². The summed E-state index contributed by atoms with van der Waals surface area (Å²) in [6, 6.07) is 13.2. The van der Waals surface area contributed by atoms with Gasteiger partial charge in [0.25, 0.3) is 0 Å². The molecule has 0 fully saturated rings. The number of carboxylic acids is 1. The molecule has 4 nitrogen and oxygen atoms in total. The number of carbonyl (C=O) groups is 1. The molecular weight excluding hydrogens is 252 g/mol. The number of aromatic carboxylic acids is 1. The highest BCUT2D eigenvalue weighted by Crippen LogP contribution is 2.19. The van der Waals surface area contributed by atoms with Crippen LogP contribution in [0.2, 0.25) is 0 Å². The van der Waals surface area contributed by atoms with Crippen LogP contribution in [0.4, 0.5) is 0 Å². The van der Waals surface area contributed by atoms with Crippen LogP contribution in [-0.2, 0) is 6.42 Å². The van der Waals surface area contributed by atoms with Crippen LogP contribution in [0, 0.1) is 0 Å². The van der Waals surface area contributed by atoms with Gasteiger partial charge in [-0.15, -0.1) is 0 Å². The van der Waals surface area contributed by atoms with Crippen LogP contribution in [0.25, 0.3) is 10.9 Å². The lowest BCUT2D eigenvalue weighted by Crippen LogP contribution is -2.02. The summed E-state index contributed by atoms with van der Waals surface area (Å²) in [6.07, 6.45) is 3.77. The average Bonchev–Trinajstić information content (AvgIpc) is 2.47. The summed E-state index contributed by atoms with van der Waals surface area (Å²) in [5.74, 6) is -0.959. The number of aromatic nitrogens is 2. The van der Waals surface area contributed by atoms with E-state index in [-0.39, 0.29) is 5.56 Å². The molecule has 3 rings (SSSR count). The van der Waals surface area contributed by atoms with Gasteiger partial charge < -0.3 is 5.11 Å². The molecule has 0 spiro atoms. The zero-order valence-electron chi connectivity index (χ0n) is 10.7. The van der Waals surface area contributed by atoms with Gasteiger partial charge in [0.2, 0.25) is 0 Å². The summed E-state index contributed by atoms with van der Waals surface area (Å²) in [4.78, 5) is 19.8. The van der Waals surface area contributed by atoms with E-state index in [1.54, 1.807) is 18.3 Å². The summed E-state index contributed by atoms with van der Waals surface area (Å²) in [5, 5.41) is 9.88. The number of rotatable bonds is 3. The molecule has 1 aromatic carbocycles. The largest absolute Gasteiger partial charge is 0.478 e. The van der Waals surface area contributed by atoms with Crippen molar-refractivity contribution in [2.45, 2.75) is 6.42 Å². The van der Waals surface area contributed by atoms with E-state index in [0.29, 0.717) is 17.3 Å². The van der Waals surface area contributed by atoms with E-state index in [2.05, 4.69) is 9.97 Å². The minimum atomic E-state index is -0.959. The summed E-state index contributed by atoms with van der Waals surface area (Å²) >= 11 is 0. The third kappa shape index (κ3) is 2.36. The number of benzene rings is 1. The Balaban J connectivity index is 2.10. The van der Waals surface area contributed by atoms with E-state index in [0.717, 1.165) is 11.3 Å². The Hall–Kier alpha value is -2.75. The van der Waals surface area contributed by atoms with Gasteiger partial charge in [0.1, 0.15) is 0 Å². The molecule has 20 heavy (non-hydrogen) atoms. The number of hydrogen-bond donors (Lipinski definition) is 1. The average molecular weight is 264 g/mol. The third-order valence-corrected chi connectivity index (χ3v) is 3.12. The first-order valence-electron chi connectivity index (χ1n) is 6.25. The standard InChI is InChI=1S/C16H12N2O2/c19-16(20)13-9-12(8-11-4-2-1-3-5-11)18-15-6-7-17-10-14(13)15/h1-7,9-10H,8H2,(H,19,20). The van der Waals surface area contributed by atoms with Crippen molar-refractivity contribution >= 4 is 16.9 Å². The van der Waals surface area contributed by atoms with Crippen LogP contribution in [0.5, 0.6) is 0 Å². The first-order valence-corrected chi connectivity index (χ1v) is 6.25. The molecule has 0 atom stereocenters. The Bertz CT molecular complexity index is 770. The molecule has 0 aliphatic carbocycles. The Morgan fingerprint density at radius 3 is 2.70 bits per heavy atom. The van der Waals surface area contributed by atoms with E-state index >= 15 is 0 Å². The topological polar surface area (TPSA) is 63.1 Å². The minimum Gasteiger partial charge on any atom is -0.478 e. The third-order valence-electron chi connectivity index (χ3n) is 3.12. The molecule has 3 aromatic rings. The summed E-state index contributed by atoms with van der Waals surface area (Å²) in [5.41, 5.74) is 2.75. The Labute approximate surface area is 115 Å². The lowest BCUT2D eigenvalue weighted by Gasteiger charge is -2.06. The molecule has 0 bridgehead atoms. The van der Waals surface area contributed by atoms with Crippen LogP contribution in [0.3, 0.4) is 0 Å². The molecule has 2 heterocycles. The summed E-state index contributed by atoms with van der Waals surface area (Å²) in [7, 11) is 0. The van der Waals surface area contributed by atoms with Crippen LogP contribution in [-0.4, -0.2) is 21.0 Å². The molecule has 4 heteroatoms. The molecule has 0 aliphatic heterocycles. The monoisotopic (exact) mass is 264 g/mol. The Morgan fingerprint density at radius 1 is 1.15 bits per heavy atom. The molecule has 1 N–H and O–H groups in total. The molecule has 0 saturated carbocycles. The van der Waals surface area contributed by atoms with E-state index in [1.165, 1.54) is 6.20 Å². The predicted molar refractivity (Wildman–Crippen MR) is 75.7 cm³/mol. The van der Waals surface area contributed by atoms with Gasteiger partial charge in [0, 0.05) is 29.9 Å². The van der Waals surface area contributed by atoms with Crippen molar-refractivity contribution in [1.29, 1.82) is 0 Å². The van der Waals surface area contributed by atoms with Crippen LogP contribution in [0.1, 0.15) is 21.6 Å². The van der Waals surface area contributed by atoms with Gasteiger partial charge in [-0.1, -0.05) is 30.3 Å². The number of hydrogen-bond acceptors (Lipinski definition) is 3. The van der Waals surface area contributed by atoms with Gasteiger partial charge in [-0.2, -0.15) is 0 Å². The maximum absolute atomic E-state index is 11.4. The number of fused-ring (bicyclic) bond motifs is 1. The van der Waals surface area contributed by atoms with E-state index in [1.807, 2.05) is 30.3 Å². The zero-order valence-corrected chi connectivity index (χ0v) is 10.7. The van der Waals surface area contributed by atoms with Gasteiger partial charge in [-0.25, -0.2) is 4.79 Å². The number of nitrogens with zero attached hydrogens (tertiary/aromatic N) is 2. The second kappa shape index (κ2) is 5.09. The molecule has 0 saturated heterocycles. The highest BCUT2D eigenvalue weighted by molar-refractivity contribution is 6.02. The first kappa shape index (κ1) is 12.3. The van der Waals surface area contributed by atoms with Crippen molar-refractivity contribution in [3.05, 3.63) is 71.7 Å². The smallest absolute Gasteiger partial charge is 0.336 e. The van der Waals surface area contributed by atoms with Crippen molar-refractivity contribution in [2.75, 3.05) is 0 Å². The van der Waals surface area contributed by atoms with Gasteiger partial charge in [0.15, 0.2) is 0 Å². The SMILES string of the molecule is O=C(O)c1cc(Cc2ccccc2)nc2ccncc12. The van der Waals surface area contributed by atoms with Crippen molar-refractivity contribution in [3.63, 3.8) is 0 Å². The van der Waals surface area contributed by atoms with Crippen LogP contribution in [0.15, 0.2) is 54.9 Å². The van der Waals surface area contributed by atoms with Crippen molar-refractivity contribution in [1.82, 2.24) is 9.97 Å². The molecule has 0 radical (unpaired) electrons. The van der Waals surface area contributed by atoms with E-state index in [9.17, 15) is 9.90 Å². The van der Waals surface area contributed by atoms with E-state index < -0.39 is 5.97 Å². The second-order valence-corrected chi connectivity index (χ2v) is 4.52. The summed E-state index contributed by atoms with van der Waals surface area (Å²) in [6.45, 7) is 0. The van der Waals surface area contributed by atoms with Gasteiger partial charge in [0.05, 0.1) is 11.1 Å². The Morgan fingerprint density at radius 2 is 1.95 bits per heavy atom. The van der Waals surface area contributed by atoms with E-state index in [4.69, 9.17) is 0 Å². The molecular formula is C16H12N2O2. The molecule has 0 amide bonds. The quantitative estimate of drug-likeness (QED) is 0.790. The van der Waals surface area contributed by atoms with Crippen molar-refractivity contribution in [2.24, 2.45) is 0 Å². The zero-order chi connectivity index (χ0) is 13.9. The van der Waals surface area contributed by atoms with Crippen molar-refractivity contribution < 1.29 is 9.90 Å². The highest BCUT2D eigenvalue weighted by atomic mass is 16.4. The first-order chi connectivity index (χ1) is 9.74. The molecule has 98 valence electrons. The predicted octanol–water partition coefficient (Wildman–Crippen LogP) is 2.92. The molecule has 0 unspecified atom stereocenters. The maximum Gasteiger partial charge on any atom is 0.336 e. The van der Waals surface area contributed by atoms with Gasteiger partial charge in [-0.3, -0.25) is 9.97 Å². The summed E-state index contributed by atoms with van der Waals surface area (Å²) < 4.78 is 0. The fraction of sp³-hybridized carbons (Fsp3) is 0.0625. The lowest BCUT2D eigenvalue weighted by molar-refractivity contribution is 0.0699. The normalized spacial score (nSPS) is 10.6. The van der Waals surface area contributed by atoms with Gasteiger partial charge in [-0.05, 0) is 17.7 Å². The van der Waals surface area contributed by atoms with Crippen LogP contribution < -0.4 is 0 Å². The number of pyridine rings is 2. The molecule has 0 aliphatic rings. The van der Waals surface area contributed by atoms with Gasteiger partial charge >= 0.3 is 5.97 Å². The second-order valence-electron chi connectivity index (χ2n) is 4.52.